The highest BCUT2D eigenvalue weighted by molar-refractivity contribution is 5.29. The van der Waals surface area contributed by atoms with Gasteiger partial charge in [-0.05, 0) is 30.7 Å². The molecule has 0 spiro atoms. The van der Waals surface area contributed by atoms with Crippen molar-refractivity contribution in [2.24, 2.45) is 5.73 Å². The van der Waals surface area contributed by atoms with Crippen LogP contribution in [0.25, 0.3) is 0 Å². The second-order valence-electron chi connectivity index (χ2n) is 5.27. The summed E-state index contributed by atoms with van der Waals surface area (Å²) in [4.78, 5) is 0. The minimum absolute atomic E-state index is 0.0248. The molecule has 2 rings (SSSR count). The minimum Gasteiger partial charge on any atom is -0.491 e. The molecule has 1 aromatic rings. The average Bonchev–Trinajstić information content (AvgIpc) is 2.43. The number of aliphatic hydroxyl groups is 1. The van der Waals surface area contributed by atoms with E-state index in [1.165, 1.54) is 0 Å². The van der Waals surface area contributed by atoms with E-state index >= 15 is 0 Å². The van der Waals surface area contributed by atoms with E-state index in [9.17, 15) is 0 Å². The summed E-state index contributed by atoms with van der Waals surface area (Å²) in [6.07, 6.45) is 6.87. The minimum atomic E-state index is -0.110. The third-order valence-corrected chi connectivity index (χ3v) is 3.30. The van der Waals surface area contributed by atoms with Crippen LogP contribution >= 0.6 is 0 Å². The van der Waals surface area contributed by atoms with Crippen LogP contribution in [0, 0.1) is 0 Å². The number of hydrogen-bond donors (Lipinski definition) is 3. The quantitative estimate of drug-likeness (QED) is 0.739. The molecular formula is C16H22N2O2. The molecule has 20 heavy (non-hydrogen) atoms. The first-order chi connectivity index (χ1) is 9.61. The molecule has 0 saturated heterocycles. The summed E-state index contributed by atoms with van der Waals surface area (Å²) < 4.78 is 5.41. The Balaban J connectivity index is 1.94. The van der Waals surface area contributed by atoms with Crippen molar-refractivity contribution in [3.63, 3.8) is 0 Å². The summed E-state index contributed by atoms with van der Waals surface area (Å²) >= 11 is 0. The van der Waals surface area contributed by atoms with Crippen molar-refractivity contribution in [2.75, 3.05) is 13.2 Å². The molecule has 0 aromatic heterocycles. The van der Waals surface area contributed by atoms with Crippen LogP contribution < -0.4 is 15.8 Å². The van der Waals surface area contributed by atoms with Crippen LogP contribution in [0.5, 0.6) is 5.75 Å². The fourth-order valence-electron chi connectivity index (χ4n) is 2.26. The lowest BCUT2D eigenvalue weighted by molar-refractivity contribution is 0.201. The Hall–Kier alpha value is -1.78. The summed E-state index contributed by atoms with van der Waals surface area (Å²) in [5.41, 5.74) is 7.81. The Labute approximate surface area is 119 Å². The molecular weight excluding hydrogens is 252 g/mol. The zero-order valence-electron chi connectivity index (χ0n) is 11.8. The largest absolute Gasteiger partial charge is 0.491 e. The van der Waals surface area contributed by atoms with Gasteiger partial charge in [-0.3, -0.25) is 0 Å². The molecule has 4 nitrogen and oxygen atoms in total. The van der Waals surface area contributed by atoms with Gasteiger partial charge in [-0.25, -0.2) is 0 Å². The van der Waals surface area contributed by atoms with Crippen LogP contribution in [0.15, 0.2) is 48.2 Å². The number of aliphatic hydroxyl groups excluding tert-OH is 1. The van der Waals surface area contributed by atoms with Crippen LogP contribution in [-0.4, -0.2) is 23.9 Å². The third-order valence-electron chi connectivity index (χ3n) is 3.30. The van der Waals surface area contributed by atoms with Crippen molar-refractivity contribution in [2.45, 2.75) is 25.4 Å². The molecule has 108 valence electrons. The first-order valence-electron chi connectivity index (χ1n) is 6.83. The highest BCUT2D eigenvalue weighted by atomic mass is 16.5. The maximum absolute atomic E-state index is 8.77. The first kappa shape index (κ1) is 14.6. The van der Waals surface area contributed by atoms with Gasteiger partial charge < -0.3 is 20.9 Å². The number of hydrogen-bond acceptors (Lipinski definition) is 4. The van der Waals surface area contributed by atoms with E-state index in [0.29, 0.717) is 6.61 Å². The Kier molecular flexibility index (Phi) is 4.82. The van der Waals surface area contributed by atoms with E-state index in [4.69, 9.17) is 15.6 Å². The molecule has 0 fully saturated rings. The number of nitrogens with two attached hydrogens (primary N) is 1. The van der Waals surface area contributed by atoms with Crippen molar-refractivity contribution in [1.29, 1.82) is 0 Å². The van der Waals surface area contributed by atoms with E-state index in [0.717, 1.165) is 30.0 Å². The summed E-state index contributed by atoms with van der Waals surface area (Å²) in [6, 6.07) is 7.88. The van der Waals surface area contributed by atoms with Gasteiger partial charge in [0.25, 0.3) is 0 Å². The molecule has 1 unspecified atom stereocenters. The summed E-state index contributed by atoms with van der Waals surface area (Å²) in [7, 11) is 0. The van der Waals surface area contributed by atoms with Gasteiger partial charge in [0.2, 0.25) is 0 Å². The predicted octanol–water partition coefficient (Wildman–Crippen LogP) is 1.71. The molecule has 1 aliphatic rings. The Morgan fingerprint density at radius 1 is 1.45 bits per heavy atom. The SMILES string of the molecule is CC1(NCc2cccc(OCCO)c2)C=CC=C(N)C1. The lowest BCUT2D eigenvalue weighted by Gasteiger charge is -2.30. The van der Waals surface area contributed by atoms with E-state index in [-0.39, 0.29) is 12.1 Å². The summed E-state index contributed by atoms with van der Waals surface area (Å²) in [5, 5.41) is 12.3. The normalized spacial score (nSPS) is 21.6. The molecule has 1 aromatic carbocycles. The van der Waals surface area contributed by atoms with E-state index in [1.807, 2.05) is 36.4 Å². The van der Waals surface area contributed by atoms with Crippen molar-refractivity contribution in [1.82, 2.24) is 5.32 Å². The van der Waals surface area contributed by atoms with Crippen molar-refractivity contribution in [3.05, 3.63) is 53.8 Å². The Morgan fingerprint density at radius 3 is 3.05 bits per heavy atom. The maximum Gasteiger partial charge on any atom is 0.119 e. The number of rotatable bonds is 6. The van der Waals surface area contributed by atoms with Crippen LogP contribution in [-0.2, 0) is 6.54 Å². The van der Waals surface area contributed by atoms with Gasteiger partial charge in [-0.2, -0.15) is 0 Å². The molecule has 0 bridgehead atoms. The molecule has 0 saturated carbocycles. The number of nitrogens with one attached hydrogen (secondary N) is 1. The highest BCUT2D eigenvalue weighted by Gasteiger charge is 2.22. The number of allylic oxidation sites excluding steroid dienone is 2. The average molecular weight is 274 g/mol. The zero-order chi connectivity index (χ0) is 14.4. The van der Waals surface area contributed by atoms with Crippen LogP contribution in [0.2, 0.25) is 0 Å². The standard InChI is InChI=1S/C16H22N2O2/c1-16(7-3-5-14(17)11-16)18-12-13-4-2-6-15(10-13)20-9-8-19/h2-7,10,18-19H,8-9,11-12,17H2,1H3. The second-order valence-corrected chi connectivity index (χ2v) is 5.27. The smallest absolute Gasteiger partial charge is 0.119 e. The monoisotopic (exact) mass is 274 g/mol. The second kappa shape index (κ2) is 6.59. The van der Waals surface area contributed by atoms with Gasteiger partial charge >= 0.3 is 0 Å². The van der Waals surface area contributed by atoms with Gasteiger partial charge in [-0.15, -0.1) is 0 Å². The lowest BCUT2D eigenvalue weighted by Crippen LogP contribution is -2.42. The lowest BCUT2D eigenvalue weighted by atomic mass is 9.91. The fourth-order valence-corrected chi connectivity index (χ4v) is 2.26. The van der Waals surface area contributed by atoms with Crippen molar-refractivity contribution < 1.29 is 9.84 Å². The fraction of sp³-hybridized carbons (Fsp3) is 0.375. The van der Waals surface area contributed by atoms with Crippen molar-refractivity contribution in [3.8, 4) is 5.75 Å². The third kappa shape index (κ3) is 4.11. The van der Waals surface area contributed by atoms with E-state index < -0.39 is 0 Å². The van der Waals surface area contributed by atoms with Crippen LogP contribution in [0.1, 0.15) is 18.9 Å². The van der Waals surface area contributed by atoms with Crippen molar-refractivity contribution >= 4 is 0 Å². The summed E-state index contributed by atoms with van der Waals surface area (Å²) in [6.45, 7) is 3.22. The molecule has 4 heteroatoms. The number of ether oxygens (including phenoxy) is 1. The zero-order valence-corrected chi connectivity index (χ0v) is 11.8. The molecule has 4 N–H and O–H groups in total. The Morgan fingerprint density at radius 2 is 2.30 bits per heavy atom. The molecule has 0 radical (unpaired) electrons. The Bertz CT molecular complexity index is 511. The van der Waals surface area contributed by atoms with Gasteiger partial charge in [0, 0.05) is 24.2 Å². The maximum atomic E-state index is 8.77. The van der Waals surface area contributed by atoms with E-state index in [1.54, 1.807) is 0 Å². The van der Waals surface area contributed by atoms with Gasteiger partial charge in [0.05, 0.1) is 6.61 Å². The molecule has 0 heterocycles. The first-order valence-corrected chi connectivity index (χ1v) is 6.83. The van der Waals surface area contributed by atoms with Crippen LogP contribution in [0.4, 0.5) is 0 Å². The van der Waals surface area contributed by atoms with Gasteiger partial charge in [-0.1, -0.05) is 24.3 Å². The van der Waals surface area contributed by atoms with Gasteiger partial charge in [0.1, 0.15) is 12.4 Å². The van der Waals surface area contributed by atoms with Crippen LogP contribution in [0.3, 0.4) is 0 Å². The summed E-state index contributed by atoms with van der Waals surface area (Å²) in [5.74, 6) is 0.780. The van der Waals surface area contributed by atoms with E-state index in [2.05, 4.69) is 18.3 Å². The topological polar surface area (TPSA) is 67.5 Å². The highest BCUT2D eigenvalue weighted by Crippen LogP contribution is 2.21. The number of benzene rings is 1. The molecule has 1 aliphatic carbocycles. The van der Waals surface area contributed by atoms with Gasteiger partial charge in [0.15, 0.2) is 0 Å². The molecule has 1 atom stereocenters. The molecule has 0 amide bonds. The predicted molar refractivity (Wildman–Crippen MR) is 80.3 cm³/mol. The molecule has 0 aliphatic heterocycles.